The van der Waals surface area contributed by atoms with E-state index in [1.807, 2.05) is 31.2 Å². The molecule has 25 heavy (non-hydrogen) atoms. The lowest BCUT2D eigenvalue weighted by Gasteiger charge is -2.14. The smallest absolute Gasteiger partial charge is 0.271 e. The molecule has 2 amide bonds. The minimum absolute atomic E-state index is 0.0592. The van der Waals surface area contributed by atoms with Crippen molar-refractivity contribution in [1.82, 2.24) is 15.5 Å². The molecule has 1 aromatic heterocycles. The fraction of sp³-hybridized carbons (Fsp3) is 0.294. The fourth-order valence-electron chi connectivity index (χ4n) is 2.22. The van der Waals surface area contributed by atoms with E-state index in [1.165, 1.54) is 12.1 Å². The van der Waals surface area contributed by atoms with E-state index in [0.29, 0.717) is 13.0 Å². The number of carbonyl (C=O) groups excluding carboxylic acids is 2. The average molecular weight is 344 g/mol. The third-order valence-electron chi connectivity index (χ3n) is 3.54. The van der Waals surface area contributed by atoms with Crippen LogP contribution in [0.2, 0.25) is 0 Å². The number of aromatic nitrogens is 2. The zero-order chi connectivity index (χ0) is 18.2. The number of nitrogens with zero attached hydrogens (tertiary/aromatic N) is 1. The summed E-state index contributed by atoms with van der Waals surface area (Å²) in [7, 11) is 0. The van der Waals surface area contributed by atoms with Crippen LogP contribution in [0.1, 0.15) is 23.0 Å². The van der Waals surface area contributed by atoms with Gasteiger partial charge in [0.2, 0.25) is 5.91 Å². The molecule has 1 aromatic carbocycles. The molecule has 0 radical (unpaired) electrons. The van der Waals surface area contributed by atoms with Crippen LogP contribution in [0.15, 0.2) is 41.2 Å². The Bertz CT molecular complexity index is 765. The Labute approximate surface area is 144 Å². The minimum atomic E-state index is -0.565. The molecule has 1 atom stereocenters. The van der Waals surface area contributed by atoms with Crippen molar-refractivity contribution in [1.29, 1.82) is 0 Å². The Balaban J connectivity index is 1.96. The number of nitrogens with one attached hydrogen (secondary N) is 2. The Morgan fingerprint density at radius 3 is 2.52 bits per heavy atom. The Hall–Kier alpha value is -3.16. The van der Waals surface area contributed by atoms with Crippen LogP contribution in [-0.2, 0) is 11.2 Å². The molecule has 8 nitrogen and oxygen atoms in total. The lowest BCUT2D eigenvalue weighted by Crippen LogP contribution is -2.37. The molecule has 0 bridgehead atoms. The number of H-pyrrole nitrogens is 1. The minimum Gasteiger partial charge on any atom is -0.494 e. The molecule has 0 saturated carbocycles. The second kappa shape index (κ2) is 8.62. The van der Waals surface area contributed by atoms with Crippen molar-refractivity contribution in [3.63, 3.8) is 0 Å². The maximum atomic E-state index is 12.0. The molecule has 8 heteroatoms. The second-order valence-electron chi connectivity index (χ2n) is 5.40. The summed E-state index contributed by atoms with van der Waals surface area (Å²) in [5.74, 6) is -0.818. The van der Waals surface area contributed by atoms with E-state index in [9.17, 15) is 14.4 Å². The van der Waals surface area contributed by atoms with E-state index >= 15 is 0 Å². The molecular formula is C17H20N4O4. The van der Waals surface area contributed by atoms with Gasteiger partial charge in [0, 0.05) is 12.6 Å². The maximum Gasteiger partial charge on any atom is 0.271 e. The zero-order valence-corrected chi connectivity index (χ0v) is 13.8. The second-order valence-corrected chi connectivity index (χ2v) is 5.40. The van der Waals surface area contributed by atoms with Gasteiger partial charge in [0.25, 0.3) is 11.5 Å². The van der Waals surface area contributed by atoms with Gasteiger partial charge in [-0.15, -0.1) is 0 Å². The Morgan fingerprint density at radius 1 is 1.24 bits per heavy atom. The predicted octanol–water partition coefficient (Wildman–Crippen LogP) is 0.243. The van der Waals surface area contributed by atoms with Gasteiger partial charge in [-0.05, 0) is 37.1 Å². The number of nitrogens with two attached hydrogens (primary N) is 1. The van der Waals surface area contributed by atoms with E-state index in [4.69, 9.17) is 10.5 Å². The van der Waals surface area contributed by atoms with Crippen molar-refractivity contribution in [2.24, 2.45) is 11.7 Å². The zero-order valence-electron chi connectivity index (χ0n) is 13.8. The number of aromatic amines is 1. The quantitative estimate of drug-likeness (QED) is 0.632. The van der Waals surface area contributed by atoms with Crippen LogP contribution in [0.4, 0.5) is 0 Å². The fourth-order valence-corrected chi connectivity index (χ4v) is 2.22. The summed E-state index contributed by atoms with van der Waals surface area (Å²) < 4.78 is 5.37. The Kier molecular flexibility index (Phi) is 6.27. The first-order valence-corrected chi connectivity index (χ1v) is 7.84. The van der Waals surface area contributed by atoms with Crippen molar-refractivity contribution in [3.8, 4) is 5.75 Å². The third kappa shape index (κ3) is 5.45. The van der Waals surface area contributed by atoms with E-state index in [-0.39, 0.29) is 12.2 Å². The van der Waals surface area contributed by atoms with Gasteiger partial charge in [-0.2, -0.15) is 5.10 Å². The lowest BCUT2D eigenvalue weighted by atomic mass is 9.98. The van der Waals surface area contributed by atoms with Crippen LogP contribution >= 0.6 is 0 Å². The lowest BCUT2D eigenvalue weighted by molar-refractivity contribution is -0.121. The molecule has 0 aliphatic heterocycles. The molecular weight excluding hydrogens is 324 g/mol. The third-order valence-corrected chi connectivity index (χ3v) is 3.54. The van der Waals surface area contributed by atoms with Crippen LogP contribution in [0.25, 0.3) is 0 Å². The number of primary amides is 1. The first-order valence-electron chi connectivity index (χ1n) is 7.84. The van der Waals surface area contributed by atoms with E-state index in [2.05, 4.69) is 15.5 Å². The van der Waals surface area contributed by atoms with Crippen LogP contribution in [0, 0.1) is 5.92 Å². The van der Waals surface area contributed by atoms with Crippen molar-refractivity contribution in [2.75, 3.05) is 13.2 Å². The first kappa shape index (κ1) is 18.2. The summed E-state index contributed by atoms with van der Waals surface area (Å²) in [5, 5.41) is 8.41. The summed E-state index contributed by atoms with van der Waals surface area (Å²) in [4.78, 5) is 34.6. The number of hydrogen-bond donors (Lipinski definition) is 3. The van der Waals surface area contributed by atoms with Crippen molar-refractivity contribution in [3.05, 3.63) is 58.0 Å². The molecule has 2 rings (SSSR count). The maximum absolute atomic E-state index is 12.0. The highest BCUT2D eigenvalue weighted by atomic mass is 16.5. The average Bonchev–Trinajstić information content (AvgIpc) is 2.60. The van der Waals surface area contributed by atoms with E-state index < -0.39 is 23.3 Å². The largest absolute Gasteiger partial charge is 0.494 e. The number of benzene rings is 1. The van der Waals surface area contributed by atoms with Gasteiger partial charge in [-0.3, -0.25) is 14.4 Å². The number of ether oxygens (including phenoxy) is 1. The van der Waals surface area contributed by atoms with Crippen molar-refractivity contribution < 1.29 is 14.3 Å². The molecule has 2 aromatic rings. The summed E-state index contributed by atoms with van der Waals surface area (Å²) in [5.41, 5.74) is 5.99. The summed E-state index contributed by atoms with van der Waals surface area (Å²) >= 11 is 0. The first-order chi connectivity index (χ1) is 12.0. The van der Waals surface area contributed by atoms with Gasteiger partial charge in [0.1, 0.15) is 11.4 Å². The highest BCUT2D eigenvalue weighted by Crippen LogP contribution is 2.15. The highest BCUT2D eigenvalue weighted by Gasteiger charge is 2.18. The Morgan fingerprint density at radius 2 is 1.96 bits per heavy atom. The number of rotatable bonds is 8. The van der Waals surface area contributed by atoms with E-state index in [0.717, 1.165) is 11.3 Å². The van der Waals surface area contributed by atoms with Gasteiger partial charge >= 0.3 is 0 Å². The van der Waals surface area contributed by atoms with Crippen molar-refractivity contribution >= 4 is 11.8 Å². The van der Waals surface area contributed by atoms with Crippen LogP contribution in [0.5, 0.6) is 5.75 Å². The number of hydrogen-bond acceptors (Lipinski definition) is 5. The van der Waals surface area contributed by atoms with Crippen LogP contribution in [0.3, 0.4) is 0 Å². The highest BCUT2D eigenvalue weighted by molar-refractivity contribution is 5.92. The van der Waals surface area contributed by atoms with Gasteiger partial charge in [-0.1, -0.05) is 12.1 Å². The summed E-state index contributed by atoms with van der Waals surface area (Å²) in [6.07, 6.45) is 0.390. The van der Waals surface area contributed by atoms with Gasteiger partial charge in [-0.25, -0.2) is 5.10 Å². The summed E-state index contributed by atoms with van der Waals surface area (Å²) in [6, 6.07) is 9.85. The topological polar surface area (TPSA) is 127 Å². The molecule has 0 saturated heterocycles. The molecule has 1 heterocycles. The molecule has 0 aliphatic carbocycles. The van der Waals surface area contributed by atoms with Crippen LogP contribution < -0.4 is 21.3 Å². The van der Waals surface area contributed by atoms with Gasteiger partial charge < -0.3 is 15.8 Å². The number of amides is 2. The van der Waals surface area contributed by atoms with Gasteiger partial charge in [0.15, 0.2) is 0 Å². The molecule has 0 spiro atoms. The normalized spacial score (nSPS) is 11.6. The molecule has 0 aliphatic rings. The predicted molar refractivity (Wildman–Crippen MR) is 91.2 cm³/mol. The van der Waals surface area contributed by atoms with Crippen LogP contribution in [-0.4, -0.2) is 35.2 Å². The van der Waals surface area contributed by atoms with Gasteiger partial charge in [0.05, 0.1) is 12.5 Å². The SMILES string of the molecule is CCOc1ccc(C[C@@H](CNC(=O)c2ccc(=O)[nH]n2)C(N)=O)cc1. The standard InChI is InChI=1S/C17H20N4O4/c1-2-25-13-5-3-11(4-6-13)9-12(16(18)23)10-19-17(24)14-7-8-15(22)21-20-14/h3-8,12H,2,9-10H2,1H3,(H2,18,23)(H,19,24)(H,21,22)/t12-/m0/s1. The molecule has 4 N–H and O–H groups in total. The molecule has 132 valence electrons. The summed E-state index contributed by atoms with van der Waals surface area (Å²) in [6.45, 7) is 2.55. The van der Waals surface area contributed by atoms with Crippen molar-refractivity contribution in [2.45, 2.75) is 13.3 Å². The number of carbonyl (C=O) groups is 2. The van der Waals surface area contributed by atoms with E-state index in [1.54, 1.807) is 0 Å². The molecule has 0 unspecified atom stereocenters. The monoisotopic (exact) mass is 344 g/mol. The molecule has 0 fully saturated rings.